The Labute approximate surface area is 216 Å². The van der Waals surface area contributed by atoms with Gasteiger partial charge in [-0.3, -0.25) is 9.59 Å². The molecule has 0 atom stereocenters. The van der Waals surface area contributed by atoms with Gasteiger partial charge in [0.15, 0.2) is 0 Å². The summed E-state index contributed by atoms with van der Waals surface area (Å²) in [6.45, 7) is 0.757. The zero-order chi connectivity index (χ0) is 26.3. The second-order valence-electron chi connectivity index (χ2n) is 8.24. The second kappa shape index (κ2) is 15.0. The van der Waals surface area contributed by atoms with Crippen molar-refractivity contribution in [1.82, 2.24) is 19.1 Å². The van der Waals surface area contributed by atoms with Gasteiger partial charge in [-0.1, -0.05) is 67.1 Å². The number of benzene rings is 2. The fourth-order valence-corrected chi connectivity index (χ4v) is 3.65. The quantitative estimate of drug-likeness (QED) is 0.218. The number of ether oxygens (including phenoxy) is 1. The summed E-state index contributed by atoms with van der Waals surface area (Å²) >= 11 is 0. The standard InChI is InChI=1S/C17H22N2O3.C11H10N2O2/c20-12-6-1-2-7-13-22-16(21)14-19-11-10-18-17(19)15-8-4-3-5-9-15;14-10(15)8-13-7-6-12-11(13)9-4-2-1-3-5-9/h3-5,8-11,20H,1-2,6-7,12-14H2;1-7H,8H2,(H,14,15). The fraction of sp³-hybridized carbons (Fsp3) is 0.286. The first-order chi connectivity index (χ1) is 18.1. The highest BCUT2D eigenvalue weighted by molar-refractivity contribution is 5.70. The number of hydrogen-bond donors (Lipinski definition) is 2. The first-order valence-corrected chi connectivity index (χ1v) is 12.2. The van der Waals surface area contributed by atoms with Crippen molar-refractivity contribution < 1.29 is 24.5 Å². The molecule has 4 aromatic rings. The van der Waals surface area contributed by atoms with Crippen LogP contribution in [0.5, 0.6) is 0 Å². The van der Waals surface area contributed by atoms with E-state index in [1.54, 1.807) is 33.9 Å². The summed E-state index contributed by atoms with van der Waals surface area (Å²) in [5.74, 6) is 0.320. The Hall–Kier alpha value is -4.24. The molecule has 37 heavy (non-hydrogen) atoms. The molecule has 2 N–H and O–H groups in total. The lowest BCUT2D eigenvalue weighted by molar-refractivity contribution is -0.144. The number of aromatic nitrogens is 4. The van der Waals surface area contributed by atoms with Crippen molar-refractivity contribution in [2.24, 2.45) is 0 Å². The molecule has 9 heteroatoms. The molecular formula is C28H32N4O5. The summed E-state index contributed by atoms with van der Waals surface area (Å²) in [5, 5.41) is 17.4. The molecule has 0 radical (unpaired) electrons. The number of carboxylic acids is 1. The van der Waals surface area contributed by atoms with Crippen LogP contribution in [0.15, 0.2) is 85.5 Å². The van der Waals surface area contributed by atoms with Crippen molar-refractivity contribution >= 4 is 11.9 Å². The molecule has 2 aromatic carbocycles. The molecule has 0 spiro atoms. The molecule has 4 rings (SSSR count). The van der Waals surface area contributed by atoms with Crippen LogP contribution in [-0.4, -0.2) is 54.5 Å². The number of hydrogen-bond acceptors (Lipinski definition) is 6. The average molecular weight is 505 g/mol. The largest absolute Gasteiger partial charge is 0.480 e. The number of unbranched alkanes of at least 4 members (excludes halogenated alkanes) is 3. The van der Waals surface area contributed by atoms with Gasteiger partial charge in [0.25, 0.3) is 0 Å². The van der Waals surface area contributed by atoms with E-state index < -0.39 is 5.97 Å². The van der Waals surface area contributed by atoms with Gasteiger partial charge in [0.2, 0.25) is 0 Å². The Morgan fingerprint density at radius 1 is 0.730 bits per heavy atom. The lowest BCUT2D eigenvalue weighted by atomic mass is 10.2. The molecule has 2 heterocycles. The third-order valence-electron chi connectivity index (χ3n) is 5.42. The normalized spacial score (nSPS) is 10.4. The van der Waals surface area contributed by atoms with Gasteiger partial charge in [0.1, 0.15) is 24.7 Å². The molecule has 0 aliphatic rings. The lowest BCUT2D eigenvalue weighted by Gasteiger charge is -2.08. The number of aliphatic hydroxyl groups excluding tert-OH is 1. The van der Waals surface area contributed by atoms with Crippen molar-refractivity contribution in [3.63, 3.8) is 0 Å². The minimum atomic E-state index is -0.870. The molecule has 0 bridgehead atoms. The van der Waals surface area contributed by atoms with Crippen LogP contribution in [0, 0.1) is 0 Å². The maximum absolute atomic E-state index is 11.9. The van der Waals surface area contributed by atoms with E-state index in [9.17, 15) is 9.59 Å². The number of nitrogens with zero attached hydrogens (tertiary/aromatic N) is 4. The third-order valence-corrected chi connectivity index (χ3v) is 5.42. The topological polar surface area (TPSA) is 119 Å². The van der Waals surface area contributed by atoms with Crippen molar-refractivity contribution in [2.45, 2.75) is 38.8 Å². The van der Waals surface area contributed by atoms with Crippen molar-refractivity contribution in [2.75, 3.05) is 13.2 Å². The predicted octanol–water partition coefficient (Wildman–Crippen LogP) is 4.28. The second-order valence-corrected chi connectivity index (χ2v) is 8.24. The van der Waals surface area contributed by atoms with E-state index >= 15 is 0 Å². The summed E-state index contributed by atoms with van der Waals surface area (Å²) in [5.41, 5.74) is 1.90. The molecular weight excluding hydrogens is 472 g/mol. The van der Waals surface area contributed by atoms with E-state index in [-0.39, 0.29) is 25.7 Å². The first-order valence-electron chi connectivity index (χ1n) is 12.2. The van der Waals surface area contributed by atoms with E-state index in [4.69, 9.17) is 14.9 Å². The van der Waals surface area contributed by atoms with Crippen LogP contribution < -0.4 is 0 Å². The van der Waals surface area contributed by atoms with Gasteiger partial charge in [-0.15, -0.1) is 0 Å². The van der Waals surface area contributed by atoms with Crippen LogP contribution in [0.3, 0.4) is 0 Å². The van der Waals surface area contributed by atoms with Gasteiger partial charge in [0.05, 0.1) is 6.61 Å². The summed E-state index contributed by atoms with van der Waals surface area (Å²) in [6, 6.07) is 19.3. The molecule has 0 amide bonds. The van der Waals surface area contributed by atoms with Gasteiger partial charge in [-0.05, 0) is 19.3 Å². The Kier molecular flexibility index (Phi) is 11.1. The van der Waals surface area contributed by atoms with E-state index in [2.05, 4.69) is 9.97 Å². The van der Waals surface area contributed by atoms with E-state index in [1.807, 2.05) is 60.7 Å². The molecule has 0 aliphatic heterocycles. The number of imidazole rings is 2. The Morgan fingerprint density at radius 3 is 1.76 bits per heavy atom. The van der Waals surface area contributed by atoms with Gasteiger partial charge in [-0.2, -0.15) is 0 Å². The SMILES string of the molecule is O=C(Cn1ccnc1-c1ccccc1)OCCCCCCO.O=C(O)Cn1ccnc1-c1ccccc1. The third kappa shape index (κ3) is 9.05. The lowest BCUT2D eigenvalue weighted by Crippen LogP contribution is -2.14. The number of aliphatic carboxylic acids is 1. The monoisotopic (exact) mass is 504 g/mol. The smallest absolute Gasteiger partial charge is 0.326 e. The van der Waals surface area contributed by atoms with Crippen LogP contribution in [0.4, 0.5) is 0 Å². The van der Waals surface area contributed by atoms with Crippen LogP contribution >= 0.6 is 0 Å². The average Bonchev–Trinajstić information content (AvgIpc) is 3.57. The van der Waals surface area contributed by atoms with Crippen LogP contribution in [0.25, 0.3) is 22.8 Å². The predicted molar refractivity (Wildman–Crippen MR) is 139 cm³/mol. The van der Waals surface area contributed by atoms with Crippen LogP contribution in [0.1, 0.15) is 25.7 Å². The van der Waals surface area contributed by atoms with Gasteiger partial charge in [-0.25, -0.2) is 9.97 Å². The van der Waals surface area contributed by atoms with E-state index in [0.29, 0.717) is 12.4 Å². The minimum Gasteiger partial charge on any atom is -0.480 e. The van der Waals surface area contributed by atoms with Gasteiger partial charge in [0, 0.05) is 42.5 Å². The van der Waals surface area contributed by atoms with Crippen LogP contribution in [0.2, 0.25) is 0 Å². The number of carboxylic acid groups (broad SMARTS) is 1. The minimum absolute atomic E-state index is 0.0653. The van der Waals surface area contributed by atoms with Crippen molar-refractivity contribution in [3.05, 3.63) is 85.5 Å². The fourth-order valence-electron chi connectivity index (χ4n) is 3.65. The number of esters is 1. The van der Waals surface area contributed by atoms with Crippen molar-refractivity contribution in [1.29, 1.82) is 0 Å². The zero-order valence-electron chi connectivity index (χ0n) is 20.6. The maximum Gasteiger partial charge on any atom is 0.326 e. The highest BCUT2D eigenvalue weighted by Crippen LogP contribution is 2.17. The number of rotatable bonds is 12. The number of carbonyl (C=O) groups excluding carboxylic acids is 1. The molecule has 194 valence electrons. The van der Waals surface area contributed by atoms with Gasteiger partial charge < -0.3 is 24.1 Å². The molecule has 9 nitrogen and oxygen atoms in total. The summed E-state index contributed by atoms with van der Waals surface area (Å²) in [6.07, 6.45) is 10.3. The number of carbonyl (C=O) groups is 2. The molecule has 0 saturated heterocycles. The highest BCUT2D eigenvalue weighted by Gasteiger charge is 2.10. The van der Waals surface area contributed by atoms with Gasteiger partial charge >= 0.3 is 11.9 Å². The van der Waals surface area contributed by atoms with Crippen molar-refractivity contribution in [3.8, 4) is 22.8 Å². The zero-order valence-corrected chi connectivity index (χ0v) is 20.6. The maximum atomic E-state index is 11.9. The highest BCUT2D eigenvalue weighted by atomic mass is 16.5. The molecule has 2 aromatic heterocycles. The summed E-state index contributed by atoms with van der Waals surface area (Å²) < 4.78 is 8.64. The number of aliphatic hydroxyl groups is 1. The summed E-state index contributed by atoms with van der Waals surface area (Å²) in [4.78, 5) is 30.9. The van der Waals surface area contributed by atoms with Crippen LogP contribution in [-0.2, 0) is 27.4 Å². The molecule has 0 aliphatic carbocycles. The summed E-state index contributed by atoms with van der Waals surface area (Å²) in [7, 11) is 0. The van der Waals surface area contributed by atoms with E-state index in [1.165, 1.54) is 0 Å². The Morgan fingerprint density at radius 2 is 1.24 bits per heavy atom. The van der Waals surface area contributed by atoms with E-state index in [0.717, 1.165) is 42.6 Å². The molecule has 0 saturated carbocycles. The first kappa shape index (κ1) is 27.3. The molecule has 0 unspecified atom stereocenters. The molecule has 0 fully saturated rings. The Balaban J connectivity index is 0.000000220. The Bertz CT molecular complexity index is 1220.